The molecule has 0 spiro atoms. The fourth-order valence-corrected chi connectivity index (χ4v) is 4.52. The van der Waals surface area contributed by atoms with Crippen LogP contribution < -0.4 is 10.9 Å². The number of aromatic amines is 1. The minimum Gasteiger partial charge on any atom is -0.326 e. The summed E-state index contributed by atoms with van der Waals surface area (Å²) in [6.45, 7) is 0. The van der Waals surface area contributed by atoms with Gasteiger partial charge in [0.05, 0.1) is 16.8 Å². The summed E-state index contributed by atoms with van der Waals surface area (Å²) in [7, 11) is 0. The number of aromatic nitrogens is 2. The molecule has 1 aliphatic carbocycles. The maximum Gasteiger partial charge on any atom is 0.259 e. The van der Waals surface area contributed by atoms with Gasteiger partial charge in [-0.1, -0.05) is 11.6 Å². The molecule has 3 aromatic rings. The molecule has 0 saturated carbocycles. The number of fused-ring (bicyclic) bond motifs is 3. The number of hydrogen-bond acceptors (Lipinski definition) is 4. The lowest BCUT2D eigenvalue weighted by Crippen LogP contribution is -2.19. The van der Waals surface area contributed by atoms with E-state index in [0.29, 0.717) is 21.7 Å². The lowest BCUT2D eigenvalue weighted by atomic mass is 10.2. The second-order valence-corrected chi connectivity index (χ2v) is 7.39. The SMILES string of the molecule is O=C(Cc1nc2sc3c(c2c(=O)[nH]1)CCC3)Nc1ccc(F)c(Cl)c1. The van der Waals surface area contributed by atoms with Crippen LogP contribution in [0.4, 0.5) is 10.1 Å². The molecule has 2 N–H and O–H groups in total. The number of aryl methyl sites for hydroxylation is 2. The van der Waals surface area contributed by atoms with Crippen LogP contribution in [0.5, 0.6) is 0 Å². The first-order valence-electron chi connectivity index (χ1n) is 7.79. The quantitative estimate of drug-likeness (QED) is 0.734. The van der Waals surface area contributed by atoms with Crippen LogP contribution in [0.1, 0.15) is 22.7 Å². The molecule has 1 amide bonds. The first kappa shape index (κ1) is 16.2. The normalized spacial score (nSPS) is 13.2. The number of halogens is 2. The van der Waals surface area contributed by atoms with E-state index in [1.165, 1.54) is 34.4 Å². The average Bonchev–Trinajstić information content (AvgIpc) is 3.11. The van der Waals surface area contributed by atoms with E-state index in [0.717, 1.165) is 24.8 Å². The lowest BCUT2D eigenvalue weighted by molar-refractivity contribution is -0.115. The van der Waals surface area contributed by atoms with Crippen molar-refractivity contribution in [2.24, 2.45) is 0 Å². The molecule has 5 nitrogen and oxygen atoms in total. The summed E-state index contributed by atoms with van der Waals surface area (Å²) in [5, 5.41) is 3.20. The number of hydrogen-bond donors (Lipinski definition) is 2. The number of H-pyrrole nitrogens is 1. The second kappa shape index (κ2) is 6.24. The summed E-state index contributed by atoms with van der Waals surface area (Å²) < 4.78 is 13.2. The molecular formula is C17H13ClFN3O2S. The smallest absolute Gasteiger partial charge is 0.259 e. The number of carbonyl (C=O) groups excluding carboxylic acids is 1. The summed E-state index contributed by atoms with van der Waals surface area (Å²) >= 11 is 7.22. The largest absolute Gasteiger partial charge is 0.326 e. The molecule has 4 rings (SSSR count). The molecule has 0 unspecified atom stereocenters. The van der Waals surface area contributed by atoms with E-state index in [9.17, 15) is 14.0 Å². The molecule has 1 aromatic carbocycles. The summed E-state index contributed by atoms with van der Waals surface area (Å²) in [5.41, 5.74) is 1.29. The summed E-state index contributed by atoms with van der Waals surface area (Å²) in [4.78, 5) is 33.5. The Morgan fingerprint density at radius 1 is 1.40 bits per heavy atom. The van der Waals surface area contributed by atoms with Crippen LogP contribution >= 0.6 is 22.9 Å². The van der Waals surface area contributed by atoms with Crippen molar-refractivity contribution in [1.29, 1.82) is 0 Å². The zero-order valence-corrected chi connectivity index (χ0v) is 14.6. The average molecular weight is 378 g/mol. The first-order valence-corrected chi connectivity index (χ1v) is 8.99. The molecule has 2 heterocycles. The standard InChI is InChI=1S/C17H13ClFN3O2S/c18-10-6-8(4-5-11(10)19)20-14(23)7-13-21-16(24)15-9-2-1-3-12(9)25-17(15)22-13/h4-6H,1-3,7H2,(H,20,23)(H,21,22,24). The van der Waals surface area contributed by atoms with Gasteiger partial charge >= 0.3 is 0 Å². The number of thiophene rings is 1. The van der Waals surface area contributed by atoms with E-state index in [2.05, 4.69) is 15.3 Å². The number of carbonyl (C=O) groups is 1. The van der Waals surface area contributed by atoms with Gasteiger partial charge in [-0.05, 0) is 43.0 Å². The molecule has 1 aliphatic rings. The minimum atomic E-state index is -0.554. The van der Waals surface area contributed by atoms with Gasteiger partial charge < -0.3 is 10.3 Å². The first-order chi connectivity index (χ1) is 12.0. The number of amides is 1. The number of anilines is 1. The van der Waals surface area contributed by atoms with E-state index in [1.54, 1.807) is 0 Å². The van der Waals surface area contributed by atoms with E-state index in [4.69, 9.17) is 11.6 Å². The third kappa shape index (κ3) is 3.05. The molecule has 0 saturated heterocycles. The van der Waals surface area contributed by atoms with Crippen LogP contribution in [0, 0.1) is 5.82 Å². The molecular weight excluding hydrogens is 365 g/mol. The molecule has 128 valence electrons. The predicted molar refractivity (Wildman–Crippen MR) is 96.0 cm³/mol. The van der Waals surface area contributed by atoms with Gasteiger partial charge in [0.15, 0.2) is 0 Å². The Morgan fingerprint density at radius 3 is 3.04 bits per heavy atom. The Kier molecular flexibility index (Phi) is 4.05. The van der Waals surface area contributed by atoms with Crippen molar-refractivity contribution < 1.29 is 9.18 Å². The topological polar surface area (TPSA) is 74.8 Å². The van der Waals surface area contributed by atoms with Crippen LogP contribution in [0.25, 0.3) is 10.2 Å². The van der Waals surface area contributed by atoms with Crippen molar-refractivity contribution in [2.75, 3.05) is 5.32 Å². The molecule has 8 heteroatoms. The van der Waals surface area contributed by atoms with Crippen LogP contribution in [0.3, 0.4) is 0 Å². The lowest BCUT2D eigenvalue weighted by Gasteiger charge is -2.06. The number of nitrogens with zero attached hydrogens (tertiary/aromatic N) is 1. The third-order valence-electron chi connectivity index (χ3n) is 4.16. The van der Waals surface area contributed by atoms with E-state index < -0.39 is 5.82 Å². The Labute approximate surface area is 150 Å². The van der Waals surface area contributed by atoms with Crippen LogP contribution in [-0.4, -0.2) is 15.9 Å². The van der Waals surface area contributed by atoms with Crippen LogP contribution in [0.2, 0.25) is 5.02 Å². The van der Waals surface area contributed by atoms with Gasteiger partial charge in [0.2, 0.25) is 5.91 Å². The molecule has 0 atom stereocenters. The van der Waals surface area contributed by atoms with Gasteiger partial charge in [-0.25, -0.2) is 9.37 Å². The van der Waals surface area contributed by atoms with Crippen LogP contribution in [0.15, 0.2) is 23.0 Å². The highest BCUT2D eigenvalue weighted by Gasteiger charge is 2.21. The number of nitrogens with one attached hydrogen (secondary N) is 2. The van der Waals surface area contributed by atoms with Crippen molar-refractivity contribution in [1.82, 2.24) is 9.97 Å². The Bertz CT molecular complexity index is 1060. The fraction of sp³-hybridized carbons (Fsp3) is 0.235. The number of benzene rings is 1. The molecule has 2 aromatic heterocycles. The Morgan fingerprint density at radius 2 is 2.24 bits per heavy atom. The highest BCUT2D eigenvalue weighted by molar-refractivity contribution is 7.18. The monoisotopic (exact) mass is 377 g/mol. The third-order valence-corrected chi connectivity index (χ3v) is 5.63. The van der Waals surface area contributed by atoms with Crippen LogP contribution in [-0.2, 0) is 24.1 Å². The van der Waals surface area contributed by atoms with Crippen molar-refractivity contribution >= 4 is 44.7 Å². The molecule has 0 bridgehead atoms. The highest BCUT2D eigenvalue weighted by atomic mass is 35.5. The minimum absolute atomic E-state index is 0.0705. The summed E-state index contributed by atoms with van der Waals surface area (Å²) in [6.07, 6.45) is 2.88. The van der Waals surface area contributed by atoms with E-state index in [-0.39, 0.29) is 22.9 Å². The molecule has 0 fully saturated rings. The van der Waals surface area contributed by atoms with Gasteiger partial charge in [0.25, 0.3) is 5.56 Å². The Hall–Kier alpha value is -2.25. The Balaban J connectivity index is 1.57. The molecule has 0 aliphatic heterocycles. The van der Waals surface area contributed by atoms with Gasteiger partial charge in [0.1, 0.15) is 16.5 Å². The van der Waals surface area contributed by atoms with Crippen molar-refractivity contribution in [3.63, 3.8) is 0 Å². The number of rotatable bonds is 3. The van der Waals surface area contributed by atoms with E-state index in [1.807, 2.05) is 0 Å². The maximum atomic E-state index is 13.2. The van der Waals surface area contributed by atoms with Gasteiger partial charge in [-0.2, -0.15) is 0 Å². The van der Waals surface area contributed by atoms with Gasteiger partial charge in [-0.3, -0.25) is 9.59 Å². The molecule has 25 heavy (non-hydrogen) atoms. The molecule has 0 radical (unpaired) electrons. The zero-order valence-electron chi connectivity index (χ0n) is 13.0. The second-order valence-electron chi connectivity index (χ2n) is 5.90. The maximum absolute atomic E-state index is 13.2. The highest BCUT2D eigenvalue weighted by Crippen LogP contribution is 2.34. The zero-order chi connectivity index (χ0) is 17.6. The van der Waals surface area contributed by atoms with Crippen molar-refractivity contribution in [3.8, 4) is 0 Å². The predicted octanol–water partition coefficient (Wildman–Crippen LogP) is 3.45. The fourth-order valence-electron chi connectivity index (χ4n) is 3.06. The van der Waals surface area contributed by atoms with Gasteiger partial charge in [-0.15, -0.1) is 11.3 Å². The summed E-state index contributed by atoms with van der Waals surface area (Å²) in [5.74, 6) is -0.612. The van der Waals surface area contributed by atoms with Gasteiger partial charge in [0, 0.05) is 10.6 Å². The van der Waals surface area contributed by atoms with E-state index >= 15 is 0 Å². The van der Waals surface area contributed by atoms with Crippen molar-refractivity contribution in [2.45, 2.75) is 25.7 Å². The van der Waals surface area contributed by atoms with Crippen molar-refractivity contribution in [3.05, 3.63) is 55.7 Å². The summed E-state index contributed by atoms with van der Waals surface area (Å²) in [6, 6.07) is 3.93.